The zero-order chi connectivity index (χ0) is 10.4. The molecule has 0 aromatic heterocycles. The van der Waals surface area contributed by atoms with E-state index in [4.69, 9.17) is 4.74 Å². The van der Waals surface area contributed by atoms with E-state index >= 15 is 0 Å². The first-order chi connectivity index (χ1) is 6.77. The number of benzene rings is 1. The first-order valence-electron chi connectivity index (χ1n) is 4.53. The van der Waals surface area contributed by atoms with Crippen molar-refractivity contribution < 1.29 is 14.3 Å². The van der Waals surface area contributed by atoms with Crippen molar-refractivity contribution in [1.29, 1.82) is 0 Å². The highest BCUT2D eigenvalue weighted by atomic mass is 16.5. The predicted octanol–water partition coefficient (Wildman–Crippen LogP) is 2.01. The Kier molecular flexibility index (Phi) is 4.13. The van der Waals surface area contributed by atoms with Crippen LogP contribution in [0.5, 0.6) is 0 Å². The molecule has 0 N–H and O–H groups in total. The molecule has 0 aliphatic heterocycles. The summed E-state index contributed by atoms with van der Waals surface area (Å²) in [5.74, 6) is -0.316. The molecule has 76 valence electrons. The first kappa shape index (κ1) is 10.7. The Bertz CT molecular complexity index is 307. The number of hydrogen-bond acceptors (Lipinski definition) is 3. The largest absolute Gasteiger partial charge is 0.465 e. The normalized spacial score (nSPS) is 9.86. The van der Waals surface area contributed by atoms with E-state index in [1.54, 1.807) is 12.1 Å². The van der Waals surface area contributed by atoms with Gasteiger partial charge in [-0.05, 0) is 24.6 Å². The number of ether oxygens (including phenoxy) is 2. The SMILES string of the molecule is CCOCc1cccc(C(=O)OC)c1. The lowest BCUT2D eigenvalue weighted by Crippen LogP contribution is -2.02. The van der Waals surface area contributed by atoms with E-state index in [0.29, 0.717) is 18.8 Å². The van der Waals surface area contributed by atoms with Crippen LogP contribution in [0.15, 0.2) is 24.3 Å². The summed E-state index contributed by atoms with van der Waals surface area (Å²) >= 11 is 0. The second kappa shape index (κ2) is 5.40. The maximum Gasteiger partial charge on any atom is 0.337 e. The van der Waals surface area contributed by atoms with Crippen molar-refractivity contribution in [2.24, 2.45) is 0 Å². The van der Waals surface area contributed by atoms with Crippen LogP contribution in [0.4, 0.5) is 0 Å². The van der Waals surface area contributed by atoms with Gasteiger partial charge in [-0.25, -0.2) is 4.79 Å². The van der Waals surface area contributed by atoms with Gasteiger partial charge < -0.3 is 9.47 Å². The third-order valence-electron chi connectivity index (χ3n) is 1.82. The molecule has 0 unspecified atom stereocenters. The minimum atomic E-state index is -0.316. The zero-order valence-corrected chi connectivity index (χ0v) is 8.45. The van der Waals surface area contributed by atoms with E-state index in [9.17, 15) is 4.79 Å². The summed E-state index contributed by atoms with van der Waals surface area (Å²) in [6, 6.07) is 7.24. The molecule has 0 atom stereocenters. The molecular formula is C11H14O3. The lowest BCUT2D eigenvalue weighted by Gasteiger charge is -2.03. The molecule has 3 nitrogen and oxygen atoms in total. The maximum atomic E-state index is 11.2. The van der Waals surface area contributed by atoms with E-state index < -0.39 is 0 Å². The van der Waals surface area contributed by atoms with Crippen LogP contribution in [0.3, 0.4) is 0 Å². The van der Waals surface area contributed by atoms with E-state index in [2.05, 4.69) is 4.74 Å². The predicted molar refractivity (Wildman–Crippen MR) is 53.1 cm³/mol. The van der Waals surface area contributed by atoms with Crippen molar-refractivity contribution in [3.8, 4) is 0 Å². The number of carbonyl (C=O) groups is 1. The summed E-state index contributed by atoms with van der Waals surface area (Å²) < 4.78 is 9.85. The highest BCUT2D eigenvalue weighted by Gasteiger charge is 2.04. The standard InChI is InChI=1S/C11H14O3/c1-3-14-8-9-5-4-6-10(7-9)11(12)13-2/h4-7H,3,8H2,1-2H3. The van der Waals surface area contributed by atoms with Gasteiger partial charge in [0.15, 0.2) is 0 Å². The van der Waals surface area contributed by atoms with Gasteiger partial charge in [0, 0.05) is 6.61 Å². The van der Waals surface area contributed by atoms with Gasteiger partial charge in [-0.1, -0.05) is 12.1 Å². The van der Waals surface area contributed by atoms with Gasteiger partial charge in [-0.2, -0.15) is 0 Å². The highest BCUT2D eigenvalue weighted by molar-refractivity contribution is 5.89. The Morgan fingerprint density at radius 1 is 1.43 bits per heavy atom. The number of rotatable bonds is 4. The molecule has 0 saturated carbocycles. The monoisotopic (exact) mass is 194 g/mol. The minimum absolute atomic E-state index is 0.316. The zero-order valence-electron chi connectivity index (χ0n) is 8.45. The van der Waals surface area contributed by atoms with Crippen molar-refractivity contribution in [2.75, 3.05) is 13.7 Å². The lowest BCUT2D eigenvalue weighted by molar-refractivity contribution is 0.0600. The van der Waals surface area contributed by atoms with Crippen molar-refractivity contribution >= 4 is 5.97 Å². The molecule has 1 aromatic rings. The molecule has 0 heterocycles. The summed E-state index contributed by atoms with van der Waals surface area (Å²) in [5, 5.41) is 0. The van der Waals surface area contributed by atoms with Gasteiger partial charge in [0.1, 0.15) is 0 Å². The molecule has 0 aliphatic carbocycles. The topological polar surface area (TPSA) is 35.5 Å². The number of methoxy groups -OCH3 is 1. The summed E-state index contributed by atoms with van der Waals surface area (Å²) in [6.45, 7) is 3.13. The van der Waals surface area contributed by atoms with Gasteiger partial charge in [0.05, 0.1) is 19.3 Å². The van der Waals surface area contributed by atoms with Crippen molar-refractivity contribution in [3.05, 3.63) is 35.4 Å². The Labute approximate surface area is 83.6 Å². The number of esters is 1. The molecule has 0 spiro atoms. The molecule has 14 heavy (non-hydrogen) atoms. The van der Waals surface area contributed by atoms with Gasteiger partial charge in [0.25, 0.3) is 0 Å². The molecule has 0 bridgehead atoms. The van der Waals surface area contributed by atoms with Crippen LogP contribution in [0.25, 0.3) is 0 Å². The molecule has 1 aromatic carbocycles. The Balaban J connectivity index is 2.73. The fourth-order valence-electron chi connectivity index (χ4n) is 1.13. The Morgan fingerprint density at radius 3 is 2.86 bits per heavy atom. The third-order valence-corrected chi connectivity index (χ3v) is 1.82. The van der Waals surface area contributed by atoms with E-state index in [-0.39, 0.29) is 5.97 Å². The van der Waals surface area contributed by atoms with Crippen molar-refractivity contribution in [2.45, 2.75) is 13.5 Å². The number of hydrogen-bond donors (Lipinski definition) is 0. The quantitative estimate of drug-likeness (QED) is 0.688. The molecule has 0 saturated heterocycles. The van der Waals surface area contributed by atoms with Crippen molar-refractivity contribution in [1.82, 2.24) is 0 Å². The van der Waals surface area contributed by atoms with Crippen molar-refractivity contribution in [3.63, 3.8) is 0 Å². The fourth-order valence-corrected chi connectivity index (χ4v) is 1.13. The molecule has 0 aliphatic rings. The summed E-state index contributed by atoms with van der Waals surface area (Å²) in [6.07, 6.45) is 0. The van der Waals surface area contributed by atoms with Crippen LogP contribution in [0.1, 0.15) is 22.8 Å². The Hall–Kier alpha value is -1.35. The van der Waals surface area contributed by atoms with Crippen LogP contribution < -0.4 is 0 Å². The van der Waals surface area contributed by atoms with E-state index in [1.807, 2.05) is 19.1 Å². The summed E-state index contributed by atoms with van der Waals surface area (Å²) in [4.78, 5) is 11.2. The van der Waals surface area contributed by atoms with Crippen LogP contribution in [-0.4, -0.2) is 19.7 Å². The van der Waals surface area contributed by atoms with Crippen LogP contribution in [0.2, 0.25) is 0 Å². The molecule has 0 radical (unpaired) electrons. The third kappa shape index (κ3) is 2.85. The van der Waals surface area contributed by atoms with Gasteiger partial charge in [-0.3, -0.25) is 0 Å². The number of carbonyl (C=O) groups excluding carboxylic acids is 1. The Morgan fingerprint density at radius 2 is 2.21 bits per heavy atom. The molecule has 0 fully saturated rings. The average molecular weight is 194 g/mol. The molecule has 1 rings (SSSR count). The maximum absolute atomic E-state index is 11.2. The molecular weight excluding hydrogens is 180 g/mol. The minimum Gasteiger partial charge on any atom is -0.465 e. The lowest BCUT2D eigenvalue weighted by atomic mass is 10.1. The summed E-state index contributed by atoms with van der Waals surface area (Å²) in [5.41, 5.74) is 1.54. The van der Waals surface area contributed by atoms with Gasteiger partial charge >= 0.3 is 5.97 Å². The second-order valence-corrected chi connectivity index (χ2v) is 2.83. The second-order valence-electron chi connectivity index (χ2n) is 2.83. The molecule has 3 heteroatoms. The van der Waals surface area contributed by atoms with Crippen LogP contribution in [0, 0.1) is 0 Å². The van der Waals surface area contributed by atoms with E-state index in [0.717, 1.165) is 5.56 Å². The summed E-state index contributed by atoms with van der Waals surface area (Å²) in [7, 11) is 1.37. The molecule has 0 amide bonds. The average Bonchev–Trinajstić information content (AvgIpc) is 2.25. The van der Waals surface area contributed by atoms with Gasteiger partial charge in [-0.15, -0.1) is 0 Å². The fraction of sp³-hybridized carbons (Fsp3) is 0.364. The highest BCUT2D eigenvalue weighted by Crippen LogP contribution is 2.07. The van der Waals surface area contributed by atoms with Crippen LogP contribution >= 0.6 is 0 Å². The van der Waals surface area contributed by atoms with Crippen LogP contribution in [-0.2, 0) is 16.1 Å². The van der Waals surface area contributed by atoms with Gasteiger partial charge in [0.2, 0.25) is 0 Å². The van der Waals surface area contributed by atoms with E-state index in [1.165, 1.54) is 7.11 Å². The first-order valence-corrected chi connectivity index (χ1v) is 4.53. The smallest absolute Gasteiger partial charge is 0.337 e.